The summed E-state index contributed by atoms with van der Waals surface area (Å²) in [5, 5.41) is 3.33. The van der Waals surface area contributed by atoms with Gasteiger partial charge in [-0.15, -0.1) is 0 Å². The van der Waals surface area contributed by atoms with Gasteiger partial charge in [0.2, 0.25) is 0 Å². The number of hydrogen-bond acceptors (Lipinski definition) is 5. The Balaban J connectivity index is 1.63. The molecular formula is C22H22N4O. The minimum absolute atomic E-state index is 0.0606. The molecule has 27 heavy (non-hydrogen) atoms. The van der Waals surface area contributed by atoms with E-state index in [0.29, 0.717) is 5.56 Å². The average Bonchev–Trinajstić information content (AvgIpc) is 2.67. The van der Waals surface area contributed by atoms with Crippen LogP contribution in [0.4, 0.5) is 23.0 Å². The van der Waals surface area contributed by atoms with Crippen molar-refractivity contribution in [1.29, 1.82) is 0 Å². The van der Waals surface area contributed by atoms with Gasteiger partial charge in [-0.05, 0) is 62.6 Å². The standard InChI is InChI=1S/C22H22N4O/c1-15(27)17-9-11-19(12-10-17)25-21-14-22(24-16(2)23-21)26-13-5-7-18-6-3-4-8-20(18)26/h3-4,6,8-12,14H,5,7,13H2,1-2H3,(H,23,24,25). The van der Waals surface area contributed by atoms with Gasteiger partial charge in [0.1, 0.15) is 17.5 Å². The first kappa shape index (κ1) is 17.2. The zero-order valence-corrected chi connectivity index (χ0v) is 15.6. The molecule has 2 aromatic carbocycles. The lowest BCUT2D eigenvalue weighted by Crippen LogP contribution is -2.25. The Bertz CT molecular complexity index is 982. The van der Waals surface area contributed by atoms with E-state index in [1.54, 1.807) is 6.92 Å². The molecule has 0 aliphatic carbocycles. The van der Waals surface area contributed by atoms with Crippen LogP contribution >= 0.6 is 0 Å². The van der Waals surface area contributed by atoms with E-state index in [1.807, 2.05) is 37.3 Å². The first-order valence-corrected chi connectivity index (χ1v) is 9.19. The van der Waals surface area contributed by atoms with Gasteiger partial charge in [0, 0.05) is 29.5 Å². The Kier molecular flexibility index (Phi) is 4.59. The van der Waals surface area contributed by atoms with Crippen LogP contribution < -0.4 is 10.2 Å². The molecule has 0 spiro atoms. The second kappa shape index (κ2) is 7.19. The molecule has 0 fully saturated rings. The van der Waals surface area contributed by atoms with Gasteiger partial charge in [0.05, 0.1) is 0 Å². The molecule has 0 radical (unpaired) electrons. The first-order chi connectivity index (χ1) is 13.1. The second-order valence-corrected chi connectivity index (χ2v) is 6.80. The molecule has 0 saturated heterocycles. The van der Waals surface area contributed by atoms with E-state index >= 15 is 0 Å². The molecule has 1 aliphatic heterocycles. The summed E-state index contributed by atoms with van der Waals surface area (Å²) in [4.78, 5) is 22.9. The molecule has 136 valence electrons. The third-order valence-electron chi connectivity index (χ3n) is 4.78. The summed E-state index contributed by atoms with van der Waals surface area (Å²) in [6.45, 7) is 4.42. The third kappa shape index (κ3) is 3.67. The largest absolute Gasteiger partial charge is 0.340 e. The molecule has 0 amide bonds. The Labute approximate surface area is 159 Å². The Morgan fingerprint density at radius 2 is 1.85 bits per heavy atom. The molecule has 0 unspecified atom stereocenters. The number of ketones is 1. The lowest BCUT2D eigenvalue weighted by molar-refractivity contribution is 0.101. The maximum Gasteiger partial charge on any atom is 0.159 e. The summed E-state index contributed by atoms with van der Waals surface area (Å²) < 4.78 is 0. The molecule has 0 bridgehead atoms. The predicted octanol–water partition coefficient (Wildman–Crippen LogP) is 4.82. The van der Waals surface area contributed by atoms with E-state index < -0.39 is 0 Å². The Morgan fingerprint density at radius 1 is 1.07 bits per heavy atom. The highest BCUT2D eigenvalue weighted by atomic mass is 16.1. The normalized spacial score (nSPS) is 13.2. The molecule has 5 nitrogen and oxygen atoms in total. The van der Waals surface area contributed by atoms with Crippen molar-refractivity contribution < 1.29 is 4.79 Å². The third-order valence-corrected chi connectivity index (χ3v) is 4.78. The maximum atomic E-state index is 11.4. The lowest BCUT2D eigenvalue weighted by Gasteiger charge is -2.30. The fraction of sp³-hybridized carbons (Fsp3) is 0.227. The Morgan fingerprint density at radius 3 is 2.63 bits per heavy atom. The van der Waals surface area contributed by atoms with E-state index in [0.717, 1.165) is 42.5 Å². The van der Waals surface area contributed by atoms with Crippen molar-refractivity contribution in [3.05, 3.63) is 71.5 Å². The quantitative estimate of drug-likeness (QED) is 0.678. The molecule has 2 heterocycles. The minimum atomic E-state index is 0.0606. The van der Waals surface area contributed by atoms with Gasteiger partial charge in [-0.25, -0.2) is 9.97 Å². The summed E-state index contributed by atoms with van der Waals surface area (Å²) in [6, 6.07) is 17.9. The summed E-state index contributed by atoms with van der Waals surface area (Å²) >= 11 is 0. The monoisotopic (exact) mass is 358 g/mol. The van der Waals surface area contributed by atoms with Gasteiger partial charge >= 0.3 is 0 Å². The minimum Gasteiger partial charge on any atom is -0.340 e. The van der Waals surface area contributed by atoms with Gasteiger partial charge in [-0.1, -0.05) is 18.2 Å². The van der Waals surface area contributed by atoms with E-state index in [1.165, 1.54) is 11.3 Å². The van der Waals surface area contributed by atoms with Crippen molar-refractivity contribution in [3.8, 4) is 0 Å². The fourth-order valence-corrected chi connectivity index (χ4v) is 3.46. The van der Waals surface area contributed by atoms with Crippen LogP contribution in [0.25, 0.3) is 0 Å². The number of aromatic nitrogens is 2. The number of fused-ring (bicyclic) bond motifs is 1. The molecule has 1 N–H and O–H groups in total. The van der Waals surface area contributed by atoms with E-state index in [-0.39, 0.29) is 5.78 Å². The SMILES string of the molecule is CC(=O)c1ccc(Nc2cc(N3CCCc4ccccc43)nc(C)n2)cc1. The number of benzene rings is 2. The van der Waals surface area contributed by atoms with Crippen LogP contribution in [0.5, 0.6) is 0 Å². The molecule has 3 aromatic rings. The molecule has 0 saturated carbocycles. The average molecular weight is 358 g/mol. The van der Waals surface area contributed by atoms with Crippen LogP contribution in [0.1, 0.15) is 35.1 Å². The molecule has 4 rings (SSSR count). The van der Waals surface area contributed by atoms with Crippen molar-refractivity contribution in [1.82, 2.24) is 9.97 Å². The number of rotatable bonds is 4. The summed E-state index contributed by atoms with van der Waals surface area (Å²) in [7, 11) is 0. The number of hydrogen-bond donors (Lipinski definition) is 1. The molecular weight excluding hydrogens is 336 g/mol. The summed E-state index contributed by atoms with van der Waals surface area (Å²) in [6.07, 6.45) is 2.21. The van der Waals surface area contributed by atoms with Crippen molar-refractivity contribution in [2.45, 2.75) is 26.7 Å². The predicted molar refractivity (Wildman–Crippen MR) is 108 cm³/mol. The van der Waals surface area contributed by atoms with Crippen LogP contribution in [0, 0.1) is 6.92 Å². The number of nitrogens with zero attached hydrogens (tertiary/aromatic N) is 3. The first-order valence-electron chi connectivity index (χ1n) is 9.19. The van der Waals surface area contributed by atoms with Gasteiger partial charge in [0.25, 0.3) is 0 Å². The highest BCUT2D eigenvalue weighted by Gasteiger charge is 2.19. The lowest BCUT2D eigenvalue weighted by atomic mass is 10.0. The second-order valence-electron chi connectivity index (χ2n) is 6.80. The number of aryl methyl sites for hydroxylation is 2. The fourth-order valence-electron chi connectivity index (χ4n) is 3.46. The van der Waals surface area contributed by atoms with Crippen LogP contribution in [-0.2, 0) is 6.42 Å². The van der Waals surface area contributed by atoms with Gasteiger partial charge < -0.3 is 10.2 Å². The number of Topliss-reactive ketones (excluding diaryl/α,β-unsaturated/α-hetero) is 1. The number of carbonyl (C=O) groups is 1. The molecule has 1 aliphatic rings. The number of nitrogens with one attached hydrogen (secondary N) is 1. The van der Waals surface area contributed by atoms with E-state index in [2.05, 4.69) is 44.5 Å². The highest BCUT2D eigenvalue weighted by molar-refractivity contribution is 5.94. The number of anilines is 4. The van der Waals surface area contributed by atoms with Gasteiger partial charge in [-0.2, -0.15) is 0 Å². The van der Waals surface area contributed by atoms with Crippen molar-refractivity contribution in [2.75, 3.05) is 16.8 Å². The van der Waals surface area contributed by atoms with Crippen LogP contribution in [0.15, 0.2) is 54.6 Å². The maximum absolute atomic E-state index is 11.4. The smallest absolute Gasteiger partial charge is 0.159 e. The Hall–Kier alpha value is -3.21. The van der Waals surface area contributed by atoms with Gasteiger partial charge in [-0.3, -0.25) is 4.79 Å². The van der Waals surface area contributed by atoms with Crippen LogP contribution in [0.2, 0.25) is 0 Å². The molecule has 0 atom stereocenters. The summed E-state index contributed by atoms with van der Waals surface area (Å²) in [5.41, 5.74) is 4.17. The summed E-state index contributed by atoms with van der Waals surface area (Å²) in [5.74, 6) is 2.43. The number of para-hydroxylation sites is 1. The highest BCUT2D eigenvalue weighted by Crippen LogP contribution is 2.33. The van der Waals surface area contributed by atoms with Crippen molar-refractivity contribution >= 4 is 28.8 Å². The van der Waals surface area contributed by atoms with Gasteiger partial charge in [0.15, 0.2) is 5.78 Å². The topological polar surface area (TPSA) is 58.1 Å². The number of carbonyl (C=O) groups excluding carboxylic acids is 1. The molecule has 1 aromatic heterocycles. The van der Waals surface area contributed by atoms with Crippen molar-refractivity contribution in [2.24, 2.45) is 0 Å². The van der Waals surface area contributed by atoms with Crippen molar-refractivity contribution in [3.63, 3.8) is 0 Å². The van der Waals surface area contributed by atoms with E-state index in [9.17, 15) is 4.79 Å². The zero-order valence-electron chi connectivity index (χ0n) is 15.6. The van der Waals surface area contributed by atoms with E-state index in [4.69, 9.17) is 0 Å². The van der Waals surface area contributed by atoms with Crippen LogP contribution in [-0.4, -0.2) is 22.3 Å². The molecule has 5 heteroatoms. The zero-order chi connectivity index (χ0) is 18.8. The van der Waals surface area contributed by atoms with Crippen LogP contribution in [0.3, 0.4) is 0 Å².